The maximum atomic E-state index is 12.5. The summed E-state index contributed by atoms with van der Waals surface area (Å²) in [5, 5.41) is 5.31. The molecule has 0 atom stereocenters. The molecule has 2 rings (SSSR count). The van der Waals surface area contributed by atoms with E-state index in [1.54, 1.807) is 4.90 Å². The second-order valence-corrected chi connectivity index (χ2v) is 6.66. The van der Waals surface area contributed by atoms with Crippen LogP contribution in [-0.2, 0) is 4.79 Å². The molecule has 0 radical (unpaired) electrons. The molecule has 4 heteroatoms. The van der Waals surface area contributed by atoms with Crippen molar-refractivity contribution in [3.05, 3.63) is 71.8 Å². The van der Waals surface area contributed by atoms with Crippen LogP contribution in [0.5, 0.6) is 0 Å². The van der Waals surface area contributed by atoms with Gasteiger partial charge in [0.05, 0.1) is 32.2 Å². The van der Waals surface area contributed by atoms with Gasteiger partial charge in [-0.15, -0.1) is 0 Å². The van der Waals surface area contributed by atoms with Crippen LogP contribution in [-0.4, -0.2) is 38.6 Å². The van der Waals surface area contributed by atoms with Gasteiger partial charge in [0, 0.05) is 6.42 Å². The highest BCUT2D eigenvalue weighted by Gasteiger charge is 2.17. The zero-order valence-electron chi connectivity index (χ0n) is 16.1. The molecule has 0 unspecified atom stereocenters. The van der Waals surface area contributed by atoms with Crippen LogP contribution in [0, 0.1) is 0 Å². The summed E-state index contributed by atoms with van der Waals surface area (Å²) in [6.45, 7) is 9.45. The lowest BCUT2D eigenvalue weighted by molar-refractivity contribution is -0.898. The molecule has 140 valence electrons. The van der Waals surface area contributed by atoms with Gasteiger partial charge in [0.1, 0.15) is 0 Å². The van der Waals surface area contributed by atoms with Crippen molar-refractivity contribution in [2.45, 2.75) is 26.3 Å². The fourth-order valence-electron chi connectivity index (χ4n) is 3.20. The molecular weight excluding hydrogens is 322 g/mol. The predicted molar refractivity (Wildman–Crippen MR) is 106 cm³/mol. The minimum Gasteiger partial charge on any atom is -0.340 e. The van der Waals surface area contributed by atoms with Crippen molar-refractivity contribution >= 4 is 5.91 Å². The van der Waals surface area contributed by atoms with Crippen molar-refractivity contribution in [2.75, 3.05) is 32.7 Å². The lowest BCUT2D eigenvalue weighted by atomic mass is 9.99. The van der Waals surface area contributed by atoms with Crippen LogP contribution in [0.3, 0.4) is 0 Å². The molecule has 0 aromatic heterocycles. The predicted octanol–water partition coefficient (Wildman–Crippen LogP) is 0.770. The summed E-state index contributed by atoms with van der Waals surface area (Å²) >= 11 is 0. The van der Waals surface area contributed by atoms with Crippen LogP contribution < -0.4 is 15.5 Å². The Bertz CT molecular complexity index is 587. The van der Waals surface area contributed by atoms with E-state index >= 15 is 0 Å². The highest BCUT2D eigenvalue weighted by molar-refractivity contribution is 5.77. The van der Waals surface area contributed by atoms with E-state index in [0.29, 0.717) is 6.54 Å². The Hall–Kier alpha value is -2.17. The molecule has 4 N–H and O–H groups in total. The van der Waals surface area contributed by atoms with E-state index in [0.717, 1.165) is 24.1 Å². The summed E-state index contributed by atoms with van der Waals surface area (Å²) < 4.78 is 0. The van der Waals surface area contributed by atoms with Gasteiger partial charge >= 0.3 is 0 Å². The van der Waals surface area contributed by atoms with Gasteiger partial charge in [0.2, 0.25) is 0 Å². The molecule has 1 amide bonds. The third-order valence-corrected chi connectivity index (χ3v) is 4.84. The highest BCUT2D eigenvalue weighted by Crippen LogP contribution is 2.21. The van der Waals surface area contributed by atoms with Crippen molar-refractivity contribution < 1.29 is 15.0 Å². The Morgan fingerprint density at radius 3 is 2.00 bits per heavy atom. The largest absolute Gasteiger partial charge is 0.340 e. The molecule has 26 heavy (non-hydrogen) atoms. The molecule has 4 nitrogen and oxygen atoms in total. The van der Waals surface area contributed by atoms with Crippen molar-refractivity contribution in [3.63, 3.8) is 0 Å². The molecule has 0 saturated heterocycles. The topological polar surface area (TPSA) is 50.2 Å². The van der Waals surface area contributed by atoms with Gasteiger partial charge in [-0.1, -0.05) is 60.7 Å². The Kier molecular flexibility index (Phi) is 8.87. The maximum absolute atomic E-state index is 12.5. The minimum absolute atomic E-state index is 0.0814. The number of carbonyl (C=O) groups excluding carboxylic acids is 1. The molecule has 0 spiro atoms. The molecule has 0 fully saturated rings. The number of quaternary nitrogens is 2. The van der Waals surface area contributed by atoms with Gasteiger partial charge in [-0.3, -0.25) is 4.79 Å². The SMILES string of the molecule is CC[NH+](CC)CCC[NH2+]CC(=O)NC(c1ccccc1)c1ccccc1. The number of hydrogen-bond acceptors (Lipinski definition) is 1. The number of nitrogens with two attached hydrogens (primary N) is 1. The van der Waals surface area contributed by atoms with Gasteiger partial charge in [-0.05, 0) is 25.0 Å². The summed E-state index contributed by atoms with van der Waals surface area (Å²) in [6, 6.07) is 20.2. The molecule has 0 aliphatic carbocycles. The van der Waals surface area contributed by atoms with E-state index in [1.807, 2.05) is 36.4 Å². The number of carbonyl (C=O) groups is 1. The Balaban J connectivity index is 1.85. The van der Waals surface area contributed by atoms with E-state index in [-0.39, 0.29) is 11.9 Å². The second kappa shape index (κ2) is 11.4. The third-order valence-electron chi connectivity index (χ3n) is 4.84. The van der Waals surface area contributed by atoms with Crippen LogP contribution in [0.1, 0.15) is 37.4 Å². The monoisotopic (exact) mass is 355 g/mol. The second-order valence-electron chi connectivity index (χ2n) is 6.66. The van der Waals surface area contributed by atoms with Crippen LogP contribution in [0.2, 0.25) is 0 Å². The first-order valence-electron chi connectivity index (χ1n) is 9.79. The summed E-state index contributed by atoms with van der Waals surface area (Å²) in [4.78, 5) is 14.1. The standard InChI is InChI=1S/C22H31N3O/c1-3-25(4-2)17-11-16-23-18-21(26)24-22(19-12-7-5-8-13-19)20-14-9-6-10-15-20/h5-10,12-15,22-23H,3-4,11,16-18H2,1-2H3,(H,24,26)/p+2. The normalized spacial score (nSPS) is 11.1. The number of rotatable bonds is 11. The number of benzene rings is 2. The van der Waals surface area contributed by atoms with Gasteiger partial charge in [-0.25, -0.2) is 0 Å². The van der Waals surface area contributed by atoms with Gasteiger partial charge in [-0.2, -0.15) is 0 Å². The summed E-state index contributed by atoms with van der Waals surface area (Å²) in [5.74, 6) is 0.0814. The maximum Gasteiger partial charge on any atom is 0.275 e. The van der Waals surface area contributed by atoms with E-state index in [1.165, 1.54) is 19.6 Å². The van der Waals surface area contributed by atoms with Crippen LogP contribution in [0.15, 0.2) is 60.7 Å². The molecule has 0 aliphatic rings. The summed E-state index contributed by atoms with van der Waals surface area (Å²) in [5.41, 5.74) is 2.22. The number of amides is 1. The lowest BCUT2D eigenvalue weighted by Gasteiger charge is -2.19. The summed E-state index contributed by atoms with van der Waals surface area (Å²) in [6.07, 6.45) is 1.14. The van der Waals surface area contributed by atoms with Gasteiger partial charge < -0.3 is 15.5 Å². The van der Waals surface area contributed by atoms with Gasteiger partial charge in [0.15, 0.2) is 6.54 Å². The smallest absolute Gasteiger partial charge is 0.275 e. The van der Waals surface area contributed by atoms with E-state index in [4.69, 9.17) is 0 Å². The minimum atomic E-state index is -0.0987. The Morgan fingerprint density at radius 2 is 1.50 bits per heavy atom. The van der Waals surface area contributed by atoms with Crippen LogP contribution >= 0.6 is 0 Å². The van der Waals surface area contributed by atoms with E-state index < -0.39 is 0 Å². The number of nitrogens with one attached hydrogen (secondary N) is 2. The molecule has 2 aromatic rings. The zero-order valence-corrected chi connectivity index (χ0v) is 16.1. The molecule has 0 aliphatic heterocycles. The summed E-state index contributed by atoms with van der Waals surface area (Å²) in [7, 11) is 0. The third kappa shape index (κ3) is 6.62. The zero-order chi connectivity index (χ0) is 18.6. The Labute approximate surface area is 157 Å². The molecular formula is C22H33N3O+2. The van der Waals surface area contributed by atoms with Crippen LogP contribution in [0.4, 0.5) is 0 Å². The number of hydrogen-bond donors (Lipinski definition) is 3. The van der Waals surface area contributed by atoms with Crippen molar-refractivity contribution in [1.29, 1.82) is 0 Å². The van der Waals surface area contributed by atoms with E-state index in [2.05, 4.69) is 48.7 Å². The van der Waals surface area contributed by atoms with Gasteiger partial charge in [0.25, 0.3) is 5.91 Å². The molecule has 0 bridgehead atoms. The van der Waals surface area contributed by atoms with Crippen molar-refractivity contribution in [3.8, 4) is 0 Å². The fourth-order valence-corrected chi connectivity index (χ4v) is 3.20. The van der Waals surface area contributed by atoms with Crippen molar-refractivity contribution in [1.82, 2.24) is 5.32 Å². The average Bonchev–Trinajstić information content (AvgIpc) is 2.70. The molecule has 0 saturated carbocycles. The molecule has 0 heterocycles. The lowest BCUT2D eigenvalue weighted by Crippen LogP contribution is -3.11. The fraction of sp³-hybridized carbons (Fsp3) is 0.409. The highest BCUT2D eigenvalue weighted by atomic mass is 16.1. The first-order chi connectivity index (χ1) is 12.7. The quantitative estimate of drug-likeness (QED) is 0.513. The Morgan fingerprint density at radius 1 is 0.962 bits per heavy atom. The first kappa shape index (κ1) is 20.1. The average molecular weight is 356 g/mol. The van der Waals surface area contributed by atoms with E-state index in [9.17, 15) is 4.79 Å². The van der Waals surface area contributed by atoms with Crippen molar-refractivity contribution in [2.24, 2.45) is 0 Å². The molecule has 2 aromatic carbocycles. The first-order valence-corrected chi connectivity index (χ1v) is 9.79. The van der Waals surface area contributed by atoms with Crippen LogP contribution in [0.25, 0.3) is 0 Å².